The fourth-order valence-corrected chi connectivity index (χ4v) is 1.48. The van der Waals surface area contributed by atoms with E-state index in [1.54, 1.807) is 24.3 Å². The van der Waals surface area contributed by atoms with E-state index >= 15 is 0 Å². The Bertz CT molecular complexity index is 523. The Morgan fingerprint density at radius 2 is 1.72 bits per heavy atom. The van der Waals surface area contributed by atoms with Gasteiger partial charge >= 0.3 is 0 Å². The number of ether oxygens (including phenoxy) is 3. The molecule has 5 heteroatoms. The first-order chi connectivity index (χ1) is 8.74. The fraction of sp³-hybridized carbons (Fsp3) is 0.154. The van der Waals surface area contributed by atoms with Crippen molar-refractivity contribution in [2.24, 2.45) is 0 Å². The molecule has 0 atom stereocenters. The molecule has 2 rings (SSSR count). The summed E-state index contributed by atoms with van der Waals surface area (Å²) in [6.45, 7) is 0. The van der Waals surface area contributed by atoms with E-state index in [1.165, 1.54) is 26.5 Å². The molecule has 0 spiro atoms. The molecule has 0 bridgehead atoms. The van der Waals surface area contributed by atoms with Gasteiger partial charge in [-0.15, -0.1) is 0 Å². The summed E-state index contributed by atoms with van der Waals surface area (Å²) in [7, 11) is 3.05. The molecular formula is C13H12FNO3. The second-order valence-corrected chi connectivity index (χ2v) is 3.41. The number of benzene rings is 1. The van der Waals surface area contributed by atoms with Crippen molar-refractivity contribution in [3.8, 4) is 23.0 Å². The lowest BCUT2D eigenvalue weighted by Crippen LogP contribution is -1.95. The minimum Gasteiger partial charge on any atom is -0.493 e. The van der Waals surface area contributed by atoms with E-state index in [1.807, 2.05) is 0 Å². The Labute approximate surface area is 104 Å². The average molecular weight is 249 g/mol. The number of methoxy groups -OCH3 is 2. The highest BCUT2D eigenvalue weighted by Crippen LogP contribution is 2.39. The minimum atomic E-state index is -0.610. The fourth-order valence-electron chi connectivity index (χ4n) is 1.48. The van der Waals surface area contributed by atoms with Crippen molar-refractivity contribution < 1.29 is 18.6 Å². The Kier molecular flexibility index (Phi) is 3.62. The van der Waals surface area contributed by atoms with E-state index in [9.17, 15) is 4.39 Å². The first-order valence-corrected chi connectivity index (χ1v) is 5.25. The van der Waals surface area contributed by atoms with E-state index in [-0.39, 0.29) is 0 Å². The molecule has 0 aliphatic heterocycles. The lowest BCUT2D eigenvalue weighted by atomic mass is 10.3. The lowest BCUT2D eigenvalue weighted by Gasteiger charge is -2.13. The molecule has 0 amide bonds. The third-order valence-electron chi connectivity index (χ3n) is 2.30. The molecular weight excluding hydrogens is 237 g/mol. The van der Waals surface area contributed by atoms with Crippen LogP contribution in [0.15, 0.2) is 36.5 Å². The number of hydrogen-bond donors (Lipinski definition) is 0. The molecule has 0 unspecified atom stereocenters. The number of hydrogen-bond acceptors (Lipinski definition) is 4. The molecule has 1 aromatic carbocycles. The van der Waals surface area contributed by atoms with Gasteiger partial charge in [0.05, 0.1) is 14.2 Å². The summed E-state index contributed by atoms with van der Waals surface area (Å²) in [5.74, 6) is 1.12. The van der Waals surface area contributed by atoms with Gasteiger partial charge in [0.1, 0.15) is 5.75 Å². The van der Waals surface area contributed by atoms with E-state index in [4.69, 9.17) is 14.2 Å². The zero-order chi connectivity index (χ0) is 13.0. The molecule has 2 aromatic rings. The van der Waals surface area contributed by atoms with Gasteiger partial charge in [0, 0.05) is 12.3 Å². The van der Waals surface area contributed by atoms with E-state index < -0.39 is 5.95 Å². The number of rotatable bonds is 4. The van der Waals surface area contributed by atoms with Gasteiger partial charge in [0.15, 0.2) is 11.5 Å². The summed E-state index contributed by atoms with van der Waals surface area (Å²) < 4.78 is 28.9. The molecule has 0 fully saturated rings. The second-order valence-electron chi connectivity index (χ2n) is 3.41. The van der Waals surface area contributed by atoms with Crippen LogP contribution in [0, 0.1) is 5.95 Å². The van der Waals surface area contributed by atoms with E-state index in [0.717, 1.165) is 0 Å². The molecule has 0 saturated heterocycles. The first-order valence-electron chi connectivity index (χ1n) is 5.25. The van der Waals surface area contributed by atoms with Gasteiger partial charge in [-0.3, -0.25) is 0 Å². The molecule has 0 aliphatic carbocycles. The summed E-state index contributed by atoms with van der Waals surface area (Å²) in [6, 6.07) is 7.98. The van der Waals surface area contributed by atoms with Crippen LogP contribution < -0.4 is 14.2 Å². The quantitative estimate of drug-likeness (QED) is 0.781. The van der Waals surface area contributed by atoms with Gasteiger partial charge in [-0.25, -0.2) is 4.98 Å². The maximum atomic E-state index is 13.0. The molecule has 94 valence electrons. The zero-order valence-electron chi connectivity index (χ0n) is 10.0. The summed E-state index contributed by atoms with van der Waals surface area (Å²) in [5.41, 5.74) is 0. The smallest absolute Gasteiger partial charge is 0.216 e. The maximum absolute atomic E-state index is 13.0. The van der Waals surface area contributed by atoms with Crippen molar-refractivity contribution in [1.29, 1.82) is 0 Å². The number of pyridine rings is 1. The van der Waals surface area contributed by atoms with Crippen LogP contribution in [0.2, 0.25) is 0 Å². The van der Waals surface area contributed by atoms with Crippen molar-refractivity contribution in [2.45, 2.75) is 0 Å². The molecule has 1 aromatic heterocycles. The Morgan fingerprint density at radius 1 is 1.06 bits per heavy atom. The Morgan fingerprint density at radius 3 is 2.28 bits per heavy atom. The van der Waals surface area contributed by atoms with E-state index in [0.29, 0.717) is 23.0 Å². The number of aromatic nitrogens is 1. The second kappa shape index (κ2) is 5.35. The van der Waals surface area contributed by atoms with Crippen molar-refractivity contribution in [3.05, 3.63) is 42.5 Å². The third kappa shape index (κ3) is 2.51. The highest BCUT2D eigenvalue weighted by atomic mass is 19.1. The summed E-state index contributed by atoms with van der Waals surface area (Å²) >= 11 is 0. The number of para-hydroxylation sites is 1. The van der Waals surface area contributed by atoms with Crippen LogP contribution >= 0.6 is 0 Å². The average Bonchev–Trinajstić information content (AvgIpc) is 2.39. The van der Waals surface area contributed by atoms with Crippen molar-refractivity contribution in [3.63, 3.8) is 0 Å². The van der Waals surface area contributed by atoms with Gasteiger partial charge < -0.3 is 14.2 Å². The Hall–Kier alpha value is -2.30. The van der Waals surface area contributed by atoms with Crippen LogP contribution in [-0.4, -0.2) is 19.2 Å². The molecule has 1 heterocycles. The van der Waals surface area contributed by atoms with Crippen LogP contribution in [0.25, 0.3) is 0 Å². The largest absolute Gasteiger partial charge is 0.493 e. The maximum Gasteiger partial charge on any atom is 0.216 e. The summed E-state index contributed by atoms with van der Waals surface area (Å²) in [6.07, 6.45) is 1.33. The minimum absolute atomic E-state index is 0.324. The third-order valence-corrected chi connectivity index (χ3v) is 2.30. The van der Waals surface area contributed by atoms with Gasteiger partial charge in [-0.05, 0) is 18.2 Å². The summed E-state index contributed by atoms with van der Waals surface area (Å²) in [5, 5.41) is 0. The van der Waals surface area contributed by atoms with Crippen LogP contribution in [0.1, 0.15) is 0 Å². The van der Waals surface area contributed by atoms with Crippen molar-refractivity contribution in [1.82, 2.24) is 4.98 Å². The van der Waals surface area contributed by atoms with Gasteiger partial charge in [0.25, 0.3) is 0 Å². The highest BCUT2D eigenvalue weighted by molar-refractivity contribution is 5.52. The van der Waals surface area contributed by atoms with E-state index in [2.05, 4.69) is 4.98 Å². The van der Waals surface area contributed by atoms with Gasteiger partial charge in [-0.2, -0.15) is 4.39 Å². The predicted octanol–water partition coefficient (Wildman–Crippen LogP) is 3.03. The highest BCUT2D eigenvalue weighted by Gasteiger charge is 2.12. The topological polar surface area (TPSA) is 40.6 Å². The normalized spacial score (nSPS) is 9.94. The van der Waals surface area contributed by atoms with Crippen molar-refractivity contribution >= 4 is 0 Å². The number of nitrogens with zero attached hydrogens (tertiary/aromatic N) is 1. The van der Waals surface area contributed by atoms with Crippen LogP contribution in [0.5, 0.6) is 23.0 Å². The predicted molar refractivity (Wildman–Crippen MR) is 63.8 cm³/mol. The SMILES string of the molecule is COc1cccc(OC)c1Oc1ccnc(F)c1. The van der Waals surface area contributed by atoms with Crippen LogP contribution in [0.3, 0.4) is 0 Å². The van der Waals surface area contributed by atoms with Gasteiger partial charge in [0.2, 0.25) is 11.7 Å². The van der Waals surface area contributed by atoms with Crippen molar-refractivity contribution in [2.75, 3.05) is 14.2 Å². The lowest BCUT2D eigenvalue weighted by molar-refractivity contribution is 0.345. The standard InChI is InChI=1S/C13H12FNO3/c1-16-10-4-3-5-11(17-2)13(10)18-9-6-7-15-12(14)8-9/h3-8H,1-2H3. The van der Waals surface area contributed by atoms with Gasteiger partial charge in [-0.1, -0.05) is 6.07 Å². The molecule has 18 heavy (non-hydrogen) atoms. The Balaban J connectivity index is 2.38. The molecule has 0 saturated carbocycles. The monoisotopic (exact) mass is 249 g/mol. The summed E-state index contributed by atoms with van der Waals surface area (Å²) in [4.78, 5) is 3.46. The zero-order valence-corrected chi connectivity index (χ0v) is 10.0. The van der Waals surface area contributed by atoms with Crippen LogP contribution in [0.4, 0.5) is 4.39 Å². The first kappa shape index (κ1) is 12.2. The molecule has 0 radical (unpaired) electrons. The molecule has 4 nitrogen and oxygen atoms in total. The molecule has 0 N–H and O–H groups in total. The van der Waals surface area contributed by atoms with Crippen LogP contribution in [-0.2, 0) is 0 Å². The molecule has 0 aliphatic rings. The number of halogens is 1.